The number of rotatable bonds is 3. The molecule has 0 aliphatic carbocycles. The number of hydrogen-bond donors (Lipinski definition) is 0. The molecule has 7 nitrogen and oxygen atoms in total. The normalized spacial score (nSPS) is 17.7. The molecule has 0 bridgehead atoms. The summed E-state index contributed by atoms with van der Waals surface area (Å²) in [5.41, 5.74) is 0.851. The first-order chi connectivity index (χ1) is 14.5. The van der Waals surface area contributed by atoms with Crippen LogP contribution < -0.4 is 5.56 Å². The highest BCUT2D eigenvalue weighted by atomic mass is 32.2. The molecule has 2 aromatic carbocycles. The van der Waals surface area contributed by atoms with Gasteiger partial charge in [0.2, 0.25) is 10.0 Å². The highest BCUT2D eigenvalue weighted by Crippen LogP contribution is 2.37. The Morgan fingerprint density at radius 1 is 1.03 bits per heavy atom. The molecule has 0 radical (unpaired) electrons. The summed E-state index contributed by atoms with van der Waals surface area (Å²) in [5.74, 6) is 0.466. The van der Waals surface area contributed by atoms with Crippen LogP contribution in [0.2, 0.25) is 0 Å². The Labute approximate surface area is 173 Å². The molecule has 2 aromatic heterocycles. The van der Waals surface area contributed by atoms with Crippen LogP contribution in [0, 0.1) is 0 Å². The van der Waals surface area contributed by atoms with Crippen LogP contribution in [-0.4, -0.2) is 33.8 Å². The topological polar surface area (TPSA) is 85.2 Å². The predicted molar refractivity (Wildman–Crippen MR) is 115 cm³/mol. The van der Waals surface area contributed by atoms with E-state index in [1.807, 2.05) is 18.2 Å². The molecule has 1 saturated heterocycles. The fourth-order valence-electron chi connectivity index (χ4n) is 4.23. The maximum atomic E-state index is 13.7. The molecule has 5 rings (SSSR count). The van der Waals surface area contributed by atoms with Crippen molar-refractivity contribution >= 4 is 31.8 Å². The van der Waals surface area contributed by atoms with Crippen molar-refractivity contribution in [2.75, 3.05) is 6.54 Å². The molecule has 1 unspecified atom stereocenters. The molecule has 8 heteroatoms. The molecule has 1 aliphatic rings. The Balaban J connectivity index is 1.66. The lowest BCUT2D eigenvalue weighted by molar-refractivity contribution is 0.374. The van der Waals surface area contributed by atoms with Gasteiger partial charge < -0.3 is 0 Å². The summed E-state index contributed by atoms with van der Waals surface area (Å²) in [7, 11) is -2.18. The molecule has 0 spiro atoms. The number of hydrogen-bond acceptors (Lipinski definition) is 5. The average molecular weight is 420 g/mol. The van der Waals surface area contributed by atoms with Gasteiger partial charge in [-0.15, -0.1) is 0 Å². The summed E-state index contributed by atoms with van der Waals surface area (Å²) < 4.78 is 30.3. The average Bonchev–Trinajstić information content (AvgIpc) is 3.26. The summed E-state index contributed by atoms with van der Waals surface area (Å²) in [6.45, 7) is 0.374. The van der Waals surface area contributed by atoms with Gasteiger partial charge in [-0.2, -0.15) is 4.31 Å². The van der Waals surface area contributed by atoms with Gasteiger partial charge >= 0.3 is 0 Å². The molecule has 3 heterocycles. The van der Waals surface area contributed by atoms with Gasteiger partial charge in [0.15, 0.2) is 0 Å². The third-order valence-electron chi connectivity index (χ3n) is 5.70. The Bertz CT molecular complexity index is 1440. The van der Waals surface area contributed by atoms with Crippen molar-refractivity contribution in [2.45, 2.75) is 23.8 Å². The van der Waals surface area contributed by atoms with Crippen molar-refractivity contribution in [3.05, 3.63) is 77.0 Å². The maximum Gasteiger partial charge on any atom is 0.261 e. The van der Waals surface area contributed by atoms with Gasteiger partial charge in [-0.05, 0) is 37.1 Å². The maximum absolute atomic E-state index is 13.7. The Hall–Kier alpha value is -3.10. The van der Waals surface area contributed by atoms with E-state index in [0.29, 0.717) is 41.6 Å². The Morgan fingerprint density at radius 2 is 1.83 bits per heavy atom. The summed E-state index contributed by atoms with van der Waals surface area (Å²) in [6.07, 6.45) is 2.90. The third kappa shape index (κ3) is 2.83. The van der Waals surface area contributed by atoms with Crippen LogP contribution in [0.25, 0.3) is 21.8 Å². The number of fused-ring (bicyclic) bond motifs is 2. The van der Waals surface area contributed by atoms with Crippen LogP contribution in [0.4, 0.5) is 0 Å². The minimum Gasteiger partial charge on any atom is -0.298 e. The molecule has 0 amide bonds. The predicted octanol–water partition coefficient (Wildman–Crippen LogP) is 3.01. The van der Waals surface area contributed by atoms with Crippen molar-refractivity contribution in [2.24, 2.45) is 7.05 Å². The molecule has 0 saturated carbocycles. The molecule has 1 fully saturated rings. The van der Waals surface area contributed by atoms with Gasteiger partial charge in [0.1, 0.15) is 10.7 Å². The molecule has 1 aliphatic heterocycles. The molecular weight excluding hydrogens is 400 g/mol. The lowest BCUT2D eigenvalue weighted by Crippen LogP contribution is -2.35. The SMILES string of the molecule is Cn1c(C2CCCN2S(=O)(=O)c2cccc3cccnc23)nc2ccccc2c1=O. The summed E-state index contributed by atoms with van der Waals surface area (Å²) >= 11 is 0. The zero-order valence-electron chi connectivity index (χ0n) is 16.4. The number of pyridine rings is 1. The monoisotopic (exact) mass is 420 g/mol. The number of nitrogens with zero attached hydrogens (tertiary/aromatic N) is 4. The van der Waals surface area contributed by atoms with Gasteiger partial charge in [0.25, 0.3) is 5.56 Å². The van der Waals surface area contributed by atoms with Crippen molar-refractivity contribution in [1.29, 1.82) is 0 Å². The largest absolute Gasteiger partial charge is 0.298 e. The minimum absolute atomic E-state index is 0.174. The lowest BCUT2D eigenvalue weighted by atomic mass is 10.2. The number of benzene rings is 2. The second kappa shape index (κ2) is 7.00. The van der Waals surface area contributed by atoms with Crippen LogP contribution >= 0.6 is 0 Å². The molecule has 4 aromatic rings. The van der Waals surface area contributed by atoms with E-state index >= 15 is 0 Å². The lowest BCUT2D eigenvalue weighted by Gasteiger charge is -2.25. The van der Waals surface area contributed by atoms with Crippen LogP contribution in [0.3, 0.4) is 0 Å². The second-order valence-electron chi connectivity index (χ2n) is 7.46. The van der Waals surface area contributed by atoms with Crippen LogP contribution in [0.15, 0.2) is 70.5 Å². The quantitative estimate of drug-likeness (QED) is 0.509. The summed E-state index contributed by atoms with van der Waals surface area (Å²) in [6, 6.07) is 15.4. The van der Waals surface area contributed by atoms with E-state index < -0.39 is 16.1 Å². The van der Waals surface area contributed by atoms with E-state index in [4.69, 9.17) is 0 Å². The number of sulfonamides is 1. The van der Waals surface area contributed by atoms with Crippen LogP contribution in [0.5, 0.6) is 0 Å². The standard InChI is InChI=1S/C22H20N4O3S/c1-25-21(24-17-10-3-2-9-16(17)22(25)27)18-11-6-14-26(18)30(28,29)19-12-4-7-15-8-5-13-23-20(15)19/h2-5,7-10,12-13,18H,6,11,14H2,1H3. The zero-order valence-corrected chi connectivity index (χ0v) is 17.2. The van der Waals surface area contributed by atoms with Crippen LogP contribution in [0.1, 0.15) is 24.7 Å². The smallest absolute Gasteiger partial charge is 0.261 e. The van der Waals surface area contributed by atoms with E-state index in [1.165, 1.54) is 8.87 Å². The van der Waals surface area contributed by atoms with Gasteiger partial charge in [-0.3, -0.25) is 14.3 Å². The van der Waals surface area contributed by atoms with Crippen LogP contribution in [-0.2, 0) is 17.1 Å². The first-order valence-corrected chi connectivity index (χ1v) is 11.2. The van der Waals surface area contributed by atoms with E-state index in [9.17, 15) is 13.2 Å². The third-order valence-corrected chi connectivity index (χ3v) is 7.64. The summed E-state index contributed by atoms with van der Waals surface area (Å²) in [5, 5.41) is 1.29. The molecule has 30 heavy (non-hydrogen) atoms. The van der Waals surface area contributed by atoms with Crippen molar-refractivity contribution in [3.63, 3.8) is 0 Å². The highest BCUT2D eigenvalue weighted by Gasteiger charge is 2.39. The summed E-state index contributed by atoms with van der Waals surface area (Å²) in [4.78, 5) is 22.0. The number of para-hydroxylation sites is 2. The van der Waals surface area contributed by atoms with Gasteiger partial charge in [-0.25, -0.2) is 13.4 Å². The first kappa shape index (κ1) is 18.9. The van der Waals surface area contributed by atoms with E-state index in [2.05, 4.69) is 9.97 Å². The first-order valence-electron chi connectivity index (χ1n) is 9.80. The minimum atomic E-state index is -3.83. The van der Waals surface area contributed by atoms with Crippen molar-refractivity contribution in [1.82, 2.24) is 18.8 Å². The van der Waals surface area contributed by atoms with Crippen molar-refractivity contribution < 1.29 is 8.42 Å². The van der Waals surface area contributed by atoms with Gasteiger partial charge in [0, 0.05) is 25.2 Å². The molecular formula is C22H20N4O3S. The van der Waals surface area contributed by atoms with Gasteiger partial charge in [-0.1, -0.05) is 30.3 Å². The molecule has 152 valence electrons. The zero-order chi connectivity index (χ0) is 20.9. The second-order valence-corrected chi connectivity index (χ2v) is 9.32. The fraction of sp³-hybridized carbons (Fsp3) is 0.227. The van der Waals surface area contributed by atoms with E-state index in [0.717, 1.165) is 5.39 Å². The Kier molecular flexibility index (Phi) is 4.41. The molecule has 0 N–H and O–H groups in total. The highest BCUT2D eigenvalue weighted by molar-refractivity contribution is 7.89. The van der Waals surface area contributed by atoms with Gasteiger partial charge in [0.05, 0.1) is 22.5 Å². The number of aromatic nitrogens is 3. The Morgan fingerprint density at radius 3 is 2.70 bits per heavy atom. The van der Waals surface area contributed by atoms with Crippen molar-refractivity contribution in [3.8, 4) is 0 Å². The van der Waals surface area contributed by atoms with E-state index in [-0.39, 0.29) is 10.5 Å². The fourth-order valence-corrected chi connectivity index (χ4v) is 6.05. The van der Waals surface area contributed by atoms with E-state index in [1.54, 1.807) is 49.6 Å². The molecule has 1 atom stereocenters.